The number of benzene rings is 2. The van der Waals surface area contributed by atoms with Crippen LogP contribution in [0.4, 0.5) is 5.69 Å². The van der Waals surface area contributed by atoms with Crippen molar-refractivity contribution in [2.45, 2.75) is 25.7 Å². The molecule has 3 rings (SSSR count). The molecule has 0 unspecified atom stereocenters. The Labute approximate surface area is 178 Å². The Hall–Kier alpha value is -2.52. The van der Waals surface area contributed by atoms with Crippen LogP contribution < -0.4 is 14.2 Å². The van der Waals surface area contributed by atoms with Crippen LogP contribution in [-0.4, -0.2) is 32.4 Å². The molecule has 29 heavy (non-hydrogen) atoms. The second-order valence-electron chi connectivity index (χ2n) is 6.54. The number of hydrogen-bond donors (Lipinski definition) is 1. The van der Waals surface area contributed by atoms with Crippen LogP contribution in [0.3, 0.4) is 0 Å². The summed E-state index contributed by atoms with van der Waals surface area (Å²) in [5.41, 5.74) is 3.69. The van der Waals surface area contributed by atoms with Gasteiger partial charge in [-0.05, 0) is 54.9 Å². The maximum absolute atomic E-state index is 13.1. The van der Waals surface area contributed by atoms with Gasteiger partial charge in [0.2, 0.25) is 0 Å². The van der Waals surface area contributed by atoms with Gasteiger partial charge in [-0.3, -0.25) is 4.72 Å². The van der Waals surface area contributed by atoms with Gasteiger partial charge in [-0.1, -0.05) is 17.7 Å². The van der Waals surface area contributed by atoms with Crippen molar-refractivity contribution in [2.75, 3.05) is 18.9 Å². The van der Waals surface area contributed by atoms with E-state index in [0.29, 0.717) is 33.0 Å². The molecule has 154 valence electrons. The number of nitrogens with one attached hydrogen (secondary N) is 1. The van der Waals surface area contributed by atoms with Gasteiger partial charge in [0, 0.05) is 10.5 Å². The molecule has 0 bridgehead atoms. The van der Waals surface area contributed by atoms with Crippen molar-refractivity contribution < 1.29 is 17.9 Å². The van der Waals surface area contributed by atoms with E-state index < -0.39 is 10.0 Å². The van der Waals surface area contributed by atoms with Gasteiger partial charge in [-0.2, -0.15) is 5.10 Å². The zero-order chi connectivity index (χ0) is 21.3. The Balaban J connectivity index is 2.03. The molecule has 9 heteroatoms. The van der Waals surface area contributed by atoms with Gasteiger partial charge in [0.1, 0.15) is 4.90 Å². The van der Waals surface area contributed by atoms with E-state index in [2.05, 4.69) is 25.8 Å². The number of hydrogen-bond acceptors (Lipinski definition) is 5. The van der Waals surface area contributed by atoms with Crippen LogP contribution in [0.5, 0.6) is 11.5 Å². The molecule has 0 fully saturated rings. The van der Waals surface area contributed by atoms with Crippen molar-refractivity contribution >= 4 is 31.6 Å². The Morgan fingerprint density at radius 2 is 1.59 bits per heavy atom. The molecule has 0 spiro atoms. The van der Waals surface area contributed by atoms with E-state index in [1.54, 1.807) is 17.7 Å². The quantitative estimate of drug-likeness (QED) is 0.567. The van der Waals surface area contributed by atoms with E-state index >= 15 is 0 Å². The number of halogens is 1. The number of aromatic nitrogens is 2. The van der Waals surface area contributed by atoms with Crippen LogP contribution in [0.2, 0.25) is 0 Å². The predicted octanol–water partition coefficient (Wildman–Crippen LogP) is 4.38. The van der Waals surface area contributed by atoms with E-state index in [1.165, 1.54) is 20.3 Å². The summed E-state index contributed by atoms with van der Waals surface area (Å²) in [6.45, 7) is 5.59. The largest absolute Gasteiger partial charge is 0.493 e. The molecule has 0 saturated heterocycles. The maximum atomic E-state index is 13.1. The normalized spacial score (nSPS) is 11.4. The molecule has 0 atom stereocenters. The molecule has 3 aromatic rings. The molecule has 0 aliphatic heterocycles. The molecule has 0 aliphatic carbocycles. The topological polar surface area (TPSA) is 82.5 Å². The SMILES string of the molecule is COc1cc(Br)c(S(=O)(=O)Nc2c(C)nn(-c3ccc(C)cc3)c2C)cc1OC. The summed E-state index contributed by atoms with van der Waals surface area (Å²) in [7, 11) is -0.965. The average Bonchev–Trinajstić information content (AvgIpc) is 2.96. The van der Waals surface area contributed by atoms with Crippen LogP contribution in [0, 0.1) is 20.8 Å². The third-order valence-electron chi connectivity index (χ3n) is 4.53. The average molecular weight is 480 g/mol. The number of methoxy groups -OCH3 is 2. The number of aryl methyl sites for hydroxylation is 2. The smallest absolute Gasteiger partial charge is 0.263 e. The van der Waals surface area contributed by atoms with Crippen molar-refractivity contribution in [3.8, 4) is 17.2 Å². The standard InChI is InChI=1S/C20H22BrN3O4S/c1-12-6-8-15(9-7-12)24-14(3)20(13(2)22-24)23-29(25,26)19-11-18(28-5)17(27-4)10-16(19)21/h6-11,23H,1-5H3. The van der Waals surface area contributed by atoms with E-state index in [0.717, 1.165) is 11.3 Å². The van der Waals surface area contributed by atoms with Crippen molar-refractivity contribution in [1.82, 2.24) is 9.78 Å². The van der Waals surface area contributed by atoms with E-state index in [-0.39, 0.29) is 4.90 Å². The Bertz CT molecular complexity index is 1160. The summed E-state index contributed by atoms with van der Waals surface area (Å²) in [5, 5.41) is 4.50. The molecule has 2 aromatic carbocycles. The summed E-state index contributed by atoms with van der Waals surface area (Å²) in [6, 6.07) is 10.8. The Morgan fingerprint density at radius 3 is 2.17 bits per heavy atom. The first-order valence-electron chi connectivity index (χ1n) is 8.75. The molecule has 0 amide bonds. The lowest BCUT2D eigenvalue weighted by Crippen LogP contribution is -2.15. The van der Waals surface area contributed by atoms with Gasteiger partial charge in [0.25, 0.3) is 10.0 Å². The molecule has 1 heterocycles. The third kappa shape index (κ3) is 4.11. The molecule has 0 aliphatic rings. The first-order valence-corrected chi connectivity index (χ1v) is 11.0. The van der Waals surface area contributed by atoms with E-state index in [1.807, 2.05) is 38.1 Å². The fraction of sp³-hybridized carbons (Fsp3) is 0.250. The molecule has 1 aromatic heterocycles. The van der Waals surface area contributed by atoms with Gasteiger partial charge in [0.05, 0.1) is 37.0 Å². The summed E-state index contributed by atoms with van der Waals surface area (Å²) in [5.74, 6) is 0.748. The third-order valence-corrected chi connectivity index (χ3v) is 6.84. The minimum absolute atomic E-state index is 0.0389. The minimum Gasteiger partial charge on any atom is -0.493 e. The minimum atomic E-state index is -3.91. The number of ether oxygens (including phenoxy) is 2. The Kier molecular flexibility index (Phi) is 5.90. The molecule has 0 saturated carbocycles. The zero-order valence-corrected chi connectivity index (χ0v) is 19.2. The molecule has 7 nitrogen and oxygen atoms in total. The highest BCUT2D eigenvalue weighted by Gasteiger charge is 2.24. The fourth-order valence-electron chi connectivity index (χ4n) is 2.96. The maximum Gasteiger partial charge on any atom is 0.263 e. The summed E-state index contributed by atoms with van der Waals surface area (Å²) in [4.78, 5) is 0.0389. The van der Waals surface area contributed by atoms with Crippen molar-refractivity contribution in [2.24, 2.45) is 0 Å². The van der Waals surface area contributed by atoms with Crippen LogP contribution in [0.25, 0.3) is 5.69 Å². The molecular weight excluding hydrogens is 458 g/mol. The highest BCUT2D eigenvalue weighted by atomic mass is 79.9. The van der Waals surface area contributed by atoms with Crippen LogP contribution in [0.1, 0.15) is 17.0 Å². The van der Waals surface area contributed by atoms with E-state index in [4.69, 9.17) is 9.47 Å². The first-order chi connectivity index (χ1) is 13.7. The van der Waals surface area contributed by atoms with Gasteiger partial charge in [-0.15, -0.1) is 0 Å². The van der Waals surface area contributed by atoms with E-state index in [9.17, 15) is 8.42 Å². The number of sulfonamides is 1. The highest BCUT2D eigenvalue weighted by Crippen LogP contribution is 2.36. The van der Waals surface area contributed by atoms with Gasteiger partial charge >= 0.3 is 0 Å². The Morgan fingerprint density at radius 1 is 1.00 bits per heavy atom. The van der Waals surface area contributed by atoms with Crippen molar-refractivity contribution in [3.05, 3.63) is 57.8 Å². The highest BCUT2D eigenvalue weighted by molar-refractivity contribution is 9.10. The molecule has 0 radical (unpaired) electrons. The summed E-state index contributed by atoms with van der Waals surface area (Å²) < 4.78 is 41.4. The summed E-state index contributed by atoms with van der Waals surface area (Å²) >= 11 is 3.31. The lowest BCUT2D eigenvalue weighted by Gasteiger charge is -2.14. The predicted molar refractivity (Wildman–Crippen MR) is 116 cm³/mol. The van der Waals surface area contributed by atoms with Gasteiger partial charge in [-0.25, -0.2) is 13.1 Å². The second kappa shape index (κ2) is 8.08. The van der Waals surface area contributed by atoms with Crippen molar-refractivity contribution in [3.63, 3.8) is 0 Å². The first kappa shape index (κ1) is 21.2. The van der Waals surface area contributed by atoms with Crippen molar-refractivity contribution in [1.29, 1.82) is 0 Å². The lowest BCUT2D eigenvalue weighted by atomic mass is 10.2. The monoisotopic (exact) mass is 479 g/mol. The van der Waals surface area contributed by atoms with Gasteiger partial charge < -0.3 is 9.47 Å². The molecule has 1 N–H and O–H groups in total. The number of nitrogens with zero attached hydrogens (tertiary/aromatic N) is 2. The number of rotatable bonds is 6. The van der Waals surface area contributed by atoms with Crippen LogP contribution in [-0.2, 0) is 10.0 Å². The van der Waals surface area contributed by atoms with Crippen LogP contribution >= 0.6 is 15.9 Å². The molecular formula is C20H22BrN3O4S. The zero-order valence-electron chi connectivity index (χ0n) is 16.8. The van der Waals surface area contributed by atoms with Crippen LogP contribution in [0.15, 0.2) is 45.8 Å². The summed E-state index contributed by atoms with van der Waals surface area (Å²) in [6.07, 6.45) is 0. The fourth-order valence-corrected chi connectivity index (χ4v) is 5.17. The van der Waals surface area contributed by atoms with Gasteiger partial charge in [0.15, 0.2) is 11.5 Å². The number of anilines is 1. The lowest BCUT2D eigenvalue weighted by molar-refractivity contribution is 0.353. The second-order valence-corrected chi connectivity index (χ2v) is 9.04.